The van der Waals surface area contributed by atoms with Gasteiger partial charge in [0.15, 0.2) is 0 Å². The van der Waals surface area contributed by atoms with E-state index in [1.54, 1.807) is 51.3 Å². The van der Waals surface area contributed by atoms with Crippen molar-refractivity contribution in [3.8, 4) is 0 Å². The Kier molecular flexibility index (Phi) is 6.25. The smallest absolute Gasteiger partial charge is 0.355 e. The van der Waals surface area contributed by atoms with Crippen LogP contribution in [0.25, 0.3) is 0 Å². The van der Waals surface area contributed by atoms with Crippen LogP contribution in [0.1, 0.15) is 34.2 Å². The molecule has 2 N–H and O–H groups in total. The summed E-state index contributed by atoms with van der Waals surface area (Å²) in [5.74, 6) is -0.367. The number of nitrogens with one attached hydrogen (secondary N) is 2. The molecule has 2 rings (SSSR count). The van der Waals surface area contributed by atoms with E-state index >= 15 is 0 Å². The Morgan fingerprint density at radius 2 is 1.92 bits per heavy atom. The van der Waals surface area contributed by atoms with Crippen LogP contribution in [-0.2, 0) is 31.3 Å². The first-order valence-corrected chi connectivity index (χ1v) is 11.2. The van der Waals surface area contributed by atoms with Gasteiger partial charge in [-0.1, -0.05) is 18.2 Å². The Morgan fingerprint density at radius 3 is 2.54 bits per heavy atom. The SMILES string of the molecule is CCOC(=O)c1[nH]c(C)c(S(=O)(=O)Nc2ccccc2CS(C)=O)c1C. The van der Waals surface area contributed by atoms with Crippen molar-refractivity contribution in [1.29, 1.82) is 0 Å². The summed E-state index contributed by atoms with van der Waals surface area (Å²) in [6.07, 6.45) is 1.55. The summed E-state index contributed by atoms with van der Waals surface area (Å²) in [6, 6.07) is 6.79. The van der Waals surface area contributed by atoms with E-state index in [2.05, 4.69) is 9.71 Å². The van der Waals surface area contributed by atoms with Crippen molar-refractivity contribution < 1.29 is 22.2 Å². The molecule has 0 radical (unpaired) electrons. The minimum Gasteiger partial charge on any atom is -0.461 e. The second-order valence-electron chi connectivity index (χ2n) is 5.78. The van der Waals surface area contributed by atoms with Gasteiger partial charge in [0, 0.05) is 28.3 Å². The molecule has 0 aliphatic carbocycles. The number of aromatic nitrogens is 1. The number of anilines is 1. The zero-order valence-corrected chi connectivity index (χ0v) is 16.7. The fourth-order valence-electron chi connectivity index (χ4n) is 2.70. The Bertz CT molecular complexity index is 948. The summed E-state index contributed by atoms with van der Waals surface area (Å²) >= 11 is 0. The van der Waals surface area contributed by atoms with Crippen LogP contribution in [0.4, 0.5) is 5.69 Å². The fourth-order valence-corrected chi connectivity index (χ4v) is 4.94. The van der Waals surface area contributed by atoms with Gasteiger partial charge >= 0.3 is 5.97 Å². The van der Waals surface area contributed by atoms with Crippen LogP contribution < -0.4 is 4.72 Å². The van der Waals surface area contributed by atoms with Gasteiger partial charge in [-0.25, -0.2) is 13.2 Å². The van der Waals surface area contributed by atoms with E-state index < -0.39 is 26.8 Å². The minimum absolute atomic E-state index is 0.00739. The number of carbonyl (C=O) groups is 1. The average Bonchev–Trinajstić information content (AvgIpc) is 2.84. The van der Waals surface area contributed by atoms with Gasteiger partial charge in [-0.2, -0.15) is 0 Å². The number of aromatic amines is 1. The number of rotatable bonds is 7. The van der Waals surface area contributed by atoms with Gasteiger partial charge in [0.1, 0.15) is 10.6 Å². The van der Waals surface area contributed by atoms with E-state index in [1.165, 1.54) is 0 Å². The third kappa shape index (κ3) is 4.34. The Hall–Kier alpha value is -2.13. The standard InChI is InChI=1S/C17H22N2O5S2/c1-5-24-17(20)15-11(2)16(12(3)18-15)26(22,23)19-14-9-7-6-8-13(14)10-25(4)21/h6-9,18-19H,5,10H2,1-4H3. The van der Waals surface area contributed by atoms with Crippen LogP contribution in [0, 0.1) is 13.8 Å². The molecular weight excluding hydrogens is 376 g/mol. The zero-order chi connectivity index (χ0) is 19.5. The molecule has 0 bridgehead atoms. The van der Waals surface area contributed by atoms with Crippen molar-refractivity contribution >= 4 is 32.5 Å². The second-order valence-corrected chi connectivity index (χ2v) is 8.83. The normalized spacial score (nSPS) is 12.6. The topological polar surface area (TPSA) is 105 Å². The summed E-state index contributed by atoms with van der Waals surface area (Å²) < 4.78 is 44.9. The number of hydrogen-bond acceptors (Lipinski definition) is 5. The molecule has 0 saturated heterocycles. The molecule has 9 heteroatoms. The van der Waals surface area contributed by atoms with E-state index in [0.717, 1.165) is 0 Å². The molecule has 1 aromatic heterocycles. The number of benzene rings is 1. The molecule has 1 unspecified atom stereocenters. The first-order chi connectivity index (χ1) is 12.2. The Balaban J connectivity index is 2.44. The molecule has 0 saturated carbocycles. The highest BCUT2D eigenvalue weighted by Crippen LogP contribution is 2.27. The lowest BCUT2D eigenvalue weighted by molar-refractivity contribution is 0.0519. The largest absolute Gasteiger partial charge is 0.461 e. The predicted molar refractivity (Wildman–Crippen MR) is 101 cm³/mol. The molecule has 7 nitrogen and oxygen atoms in total. The molecule has 0 fully saturated rings. The van der Waals surface area contributed by atoms with Gasteiger partial charge < -0.3 is 9.72 Å². The Labute approximate surface area is 155 Å². The number of aryl methyl sites for hydroxylation is 1. The highest BCUT2D eigenvalue weighted by molar-refractivity contribution is 7.92. The summed E-state index contributed by atoms with van der Waals surface area (Å²) in [5.41, 5.74) is 1.75. The van der Waals surface area contributed by atoms with Crippen LogP contribution >= 0.6 is 0 Å². The van der Waals surface area contributed by atoms with Gasteiger partial charge in [-0.05, 0) is 32.4 Å². The molecule has 1 heterocycles. The molecule has 0 amide bonds. The highest BCUT2D eigenvalue weighted by atomic mass is 32.2. The minimum atomic E-state index is -3.95. The predicted octanol–water partition coefficient (Wildman–Crippen LogP) is 2.49. The van der Waals surface area contributed by atoms with Crippen LogP contribution in [0.15, 0.2) is 29.2 Å². The van der Waals surface area contributed by atoms with Crippen molar-refractivity contribution in [2.45, 2.75) is 31.4 Å². The lowest BCUT2D eigenvalue weighted by Gasteiger charge is -2.12. The summed E-state index contributed by atoms with van der Waals surface area (Å²) in [4.78, 5) is 14.8. The van der Waals surface area contributed by atoms with E-state index in [-0.39, 0.29) is 22.9 Å². The number of H-pyrrole nitrogens is 1. The monoisotopic (exact) mass is 398 g/mol. The number of esters is 1. The quantitative estimate of drug-likeness (QED) is 0.697. The second kappa shape index (κ2) is 8.05. The first kappa shape index (κ1) is 20.2. The maximum absolute atomic E-state index is 12.9. The third-order valence-corrected chi connectivity index (χ3v) is 6.09. The van der Waals surface area contributed by atoms with Gasteiger partial charge in [0.2, 0.25) is 0 Å². The Morgan fingerprint density at radius 1 is 1.27 bits per heavy atom. The summed E-state index contributed by atoms with van der Waals surface area (Å²) in [7, 11) is -5.06. The van der Waals surface area contributed by atoms with Crippen molar-refractivity contribution in [2.24, 2.45) is 0 Å². The number of hydrogen-bond donors (Lipinski definition) is 2. The van der Waals surface area contributed by atoms with Gasteiger partial charge in [0.25, 0.3) is 10.0 Å². The van der Waals surface area contributed by atoms with Crippen molar-refractivity contribution in [3.05, 3.63) is 46.8 Å². The number of carbonyl (C=O) groups excluding carboxylic acids is 1. The van der Waals surface area contributed by atoms with Crippen molar-refractivity contribution in [2.75, 3.05) is 17.6 Å². The van der Waals surface area contributed by atoms with Crippen molar-refractivity contribution in [3.63, 3.8) is 0 Å². The lowest BCUT2D eigenvalue weighted by atomic mass is 10.2. The van der Waals surface area contributed by atoms with E-state index in [0.29, 0.717) is 22.5 Å². The van der Waals surface area contributed by atoms with Gasteiger partial charge in [-0.15, -0.1) is 0 Å². The molecule has 2 aromatic rings. The lowest BCUT2D eigenvalue weighted by Crippen LogP contribution is -2.16. The molecule has 0 aliphatic heterocycles. The van der Waals surface area contributed by atoms with Gasteiger partial charge in [0.05, 0.1) is 18.0 Å². The fraction of sp³-hybridized carbons (Fsp3) is 0.353. The van der Waals surface area contributed by atoms with Crippen LogP contribution in [0.5, 0.6) is 0 Å². The molecule has 1 atom stereocenters. The zero-order valence-electron chi connectivity index (χ0n) is 15.1. The molecular formula is C17H22N2O5S2. The average molecular weight is 399 g/mol. The maximum atomic E-state index is 12.9. The van der Waals surface area contributed by atoms with Crippen LogP contribution in [-0.4, -0.2) is 36.4 Å². The van der Waals surface area contributed by atoms with E-state index in [9.17, 15) is 17.4 Å². The number of para-hydroxylation sites is 1. The summed E-state index contributed by atoms with van der Waals surface area (Å²) in [5, 5.41) is 0. The highest BCUT2D eigenvalue weighted by Gasteiger charge is 2.27. The van der Waals surface area contributed by atoms with E-state index in [4.69, 9.17) is 4.74 Å². The van der Waals surface area contributed by atoms with Crippen LogP contribution in [0.3, 0.4) is 0 Å². The maximum Gasteiger partial charge on any atom is 0.355 e. The number of ether oxygens (including phenoxy) is 1. The molecule has 0 aliphatic rings. The molecule has 142 valence electrons. The van der Waals surface area contributed by atoms with Crippen molar-refractivity contribution in [1.82, 2.24) is 4.98 Å². The third-order valence-electron chi connectivity index (χ3n) is 3.74. The first-order valence-electron chi connectivity index (χ1n) is 7.94. The molecule has 1 aromatic carbocycles. The molecule has 26 heavy (non-hydrogen) atoms. The number of sulfonamides is 1. The summed E-state index contributed by atoms with van der Waals surface area (Å²) in [6.45, 7) is 5.00. The molecule has 0 spiro atoms. The van der Waals surface area contributed by atoms with Crippen LogP contribution in [0.2, 0.25) is 0 Å². The van der Waals surface area contributed by atoms with Gasteiger partial charge in [-0.3, -0.25) is 8.93 Å². The van der Waals surface area contributed by atoms with E-state index in [1.807, 2.05) is 0 Å².